The number of hydrogen-bond donors (Lipinski definition) is 1. The van der Waals surface area contributed by atoms with Gasteiger partial charge >= 0.3 is 0 Å². The average Bonchev–Trinajstić information content (AvgIpc) is 3.19. The molecule has 6 nitrogen and oxygen atoms in total. The van der Waals surface area contributed by atoms with E-state index in [1.54, 1.807) is 12.1 Å². The highest BCUT2D eigenvalue weighted by atomic mass is 16.2. The highest BCUT2D eigenvalue weighted by molar-refractivity contribution is 6.23. The van der Waals surface area contributed by atoms with Gasteiger partial charge in [-0.3, -0.25) is 14.4 Å². The van der Waals surface area contributed by atoms with E-state index in [1.165, 1.54) is 4.90 Å². The zero-order valence-electron chi connectivity index (χ0n) is 15.9. The quantitative estimate of drug-likeness (QED) is 0.814. The normalized spacial score (nSPS) is 19.6. The number of likely N-dealkylation sites (tertiary alicyclic amines) is 1. The SMILES string of the molecule is Cc1ccc(N2C(=O)CC(Nc3cccc(CN4CCCC4=O)c3)C2=O)cc1. The lowest BCUT2D eigenvalue weighted by molar-refractivity contribution is -0.128. The molecule has 2 aliphatic rings. The minimum absolute atomic E-state index is 0.127. The number of rotatable bonds is 5. The summed E-state index contributed by atoms with van der Waals surface area (Å²) in [5.41, 5.74) is 3.46. The summed E-state index contributed by atoms with van der Waals surface area (Å²) in [7, 11) is 0. The summed E-state index contributed by atoms with van der Waals surface area (Å²) in [6, 6.07) is 14.5. The molecule has 0 radical (unpaired) electrons. The van der Waals surface area contributed by atoms with E-state index in [4.69, 9.17) is 0 Å². The van der Waals surface area contributed by atoms with Crippen molar-refractivity contribution in [3.8, 4) is 0 Å². The molecule has 4 rings (SSSR count). The predicted molar refractivity (Wildman–Crippen MR) is 107 cm³/mol. The van der Waals surface area contributed by atoms with Gasteiger partial charge in [-0.15, -0.1) is 0 Å². The van der Waals surface area contributed by atoms with E-state index in [1.807, 2.05) is 48.2 Å². The second-order valence-corrected chi connectivity index (χ2v) is 7.42. The van der Waals surface area contributed by atoms with Gasteiger partial charge in [-0.2, -0.15) is 0 Å². The number of aryl methyl sites for hydroxylation is 1. The minimum atomic E-state index is -0.586. The molecule has 2 aliphatic heterocycles. The summed E-state index contributed by atoms with van der Waals surface area (Å²) in [6.45, 7) is 3.32. The first-order valence-corrected chi connectivity index (χ1v) is 9.58. The van der Waals surface area contributed by atoms with Gasteiger partial charge in [0.1, 0.15) is 6.04 Å². The Labute approximate surface area is 164 Å². The van der Waals surface area contributed by atoms with Crippen molar-refractivity contribution in [2.24, 2.45) is 0 Å². The molecule has 2 aromatic carbocycles. The van der Waals surface area contributed by atoms with E-state index < -0.39 is 6.04 Å². The first-order valence-electron chi connectivity index (χ1n) is 9.58. The molecule has 3 amide bonds. The molecule has 0 spiro atoms. The van der Waals surface area contributed by atoms with Crippen molar-refractivity contribution >= 4 is 29.1 Å². The van der Waals surface area contributed by atoms with Gasteiger partial charge in [-0.05, 0) is 43.2 Å². The molecule has 28 heavy (non-hydrogen) atoms. The molecule has 1 atom stereocenters. The fraction of sp³-hybridized carbons (Fsp3) is 0.318. The maximum absolute atomic E-state index is 12.8. The molecular weight excluding hydrogens is 354 g/mol. The van der Waals surface area contributed by atoms with Gasteiger partial charge in [0.05, 0.1) is 12.1 Å². The Bertz CT molecular complexity index is 923. The van der Waals surface area contributed by atoms with Crippen LogP contribution in [0.2, 0.25) is 0 Å². The van der Waals surface area contributed by atoms with Gasteiger partial charge < -0.3 is 10.2 Å². The number of carbonyl (C=O) groups is 3. The third kappa shape index (κ3) is 3.63. The molecule has 2 saturated heterocycles. The third-order valence-corrected chi connectivity index (χ3v) is 5.25. The Morgan fingerprint density at radius 1 is 1.04 bits per heavy atom. The monoisotopic (exact) mass is 377 g/mol. The average molecular weight is 377 g/mol. The Balaban J connectivity index is 1.46. The van der Waals surface area contributed by atoms with Crippen LogP contribution in [0.15, 0.2) is 48.5 Å². The molecule has 2 aromatic rings. The second-order valence-electron chi connectivity index (χ2n) is 7.42. The molecule has 0 bridgehead atoms. The van der Waals surface area contributed by atoms with Crippen molar-refractivity contribution in [3.05, 3.63) is 59.7 Å². The van der Waals surface area contributed by atoms with Crippen LogP contribution in [0.5, 0.6) is 0 Å². The van der Waals surface area contributed by atoms with Gasteiger partial charge in [-0.25, -0.2) is 4.90 Å². The molecule has 0 aromatic heterocycles. The Morgan fingerprint density at radius 2 is 1.82 bits per heavy atom. The van der Waals surface area contributed by atoms with Crippen LogP contribution in [0.4, 0.5) is 11.4 Å². The van der Waals surface area contributed by atoms with Gasteiger partial charge in [0.25, 0.3) is 5.91 Å². The summed E-state index contributed by atoms with van der Waals surface area (Å²) in [6.07, 6.45) is 1.65. The first-order chi connectivity index (χ1) is 13.5. The maximum atomic E-state index is 12.8. The van der Waals surface area contributed by atoms with Crippen LogP contribution in [0.1, 0.15) is 30.4 Å². The lowest BCUT2D eigenvalue weighted by Crippen LogP contribution is -2.34. The highest BCUT2D eigenvalue weighted by Crippen LogP contribution is 2.26. The third-order valence-electron chi connectivity index (χ3n) is 5.25. The second kappa shape index (κ2) is 7.46. The van der Waals surface area contributed by atoms with Gasteiger partial charge in [0, 0.05) is 25.2 Å². The van der Waals surface area contributed by atoms with E-state index in [0.29, 0.717) is 18.7 Å². The van der Waals surface area contributed by atoms with Crippen LogP contribution in [-0.2, 0) is 20.9 Å². The smallest absolute Gasteiger partial charge is 0.256 e. The number of imide groups is 1. The Hall–Kier alpha value is -3.15. The van der Waals surface area contributed by atoms with E-state index in [-0.39, 0.29) is 24.1 Å². The summed E-state index contributed by atoms with van der Waals surface area (Å²) in [4.78, 5) is 40.2. The number of nitrogens with zero attached hydrogens (tertiary/aromatic N) is 2. The molecule has 144 valence electrons. The summed E-state index contributed by atoms with van der Waals surface area (Å²) < 4.78 is 0. The van der Waals surface area contributed by atoms with Crippen LogP contribution in [0.25, 0.3) is 0 Å². The van der Waals surface area contributed by atoms with Crippen molar-refractivity contribution in [2.75, 3.05) is 16.8 Å². The first kappa shape index (κ1) is 18.2. The molecule has 1 N–H and O–H groups in total. The van der Waals surface area contributed by atoms with Crippen LogP contribution in [0, 0.1) is 6.92 Å². The topological polar surface area (TPSA) is 69.7 Å². The molecule has 0 aliphatic carbocycles. The molecule has 6 heteroatoms. The van der Waals surface area contributed by atoms with Gasteiger partial charge in [0.2, 0.25) is 11.8 Å². The molecule has 1 unspecified atom stereocenters. The van der Waals surface area contributed by atoms with Crippen LogP contribution < -0.4 is 10.2 Å². The van der Waals surface area contributed by atoms with Crippen LogP contribution >= 0.6 is 0 Å². The maximum Gasteiger partial charge on any atom is 0.256 e. The Kier molecular flexibility index (Phi) is 4.86. The van der Waals surface area contributed by atoms with Crippen molar-refractivity contribution in [1.82, 2.24) is 4.90 Å². The van der Waals surface area contributed by atoms with E-state index in [0.717, 1.165) is 29.8 Å². The number of hydrogen-bond acceptors (Lipinski definition) is 4. The summed E-state index contributed by atoms with van der Waals surface area (Å²) >= 11 is 0. The van der Waals surface area contributed by atoms with Crippen molar-refractivity contribution in [1.29, 1.82) is 0 Å². The number of anilines is 2. The minimum Gasteiger partial charge on any atom is -0.373 e. The molecule has 2 heterocycles. The standard InChI is InChI=1S/C22H23N3O3/c1-15-7-9-18(10-8-15)25-21(27)13-19(22(25)28)23-17-5-2-4-16(12-17)14-24-11-3-6-20(24)26/h2,4-5,7-10,12,19,23H,3,6,11,13-14H2,1H3. The van der Waals surface area contributed by atoms with Gasteiger partial charge in [0.15, 0.2) is 0 Å². The Morgan fingerprint density at radius 3 is 2.54 bits per heavy atom. The molecule has 0 saturated carbocycles. The number of amides is 3. The van der Waals surface area contributed by atoms with Crippen LogP contribution in [0.3, 0.4) is 0 Å². The zero-order valence-corrected chi connectivity index (χ0v) is 15.9. The summed E-state index contributed by atoms with van der Waals surface area (Å²) in [5.74, 6) is -0.261. The highest BCUT2D eigenvalue weighted by Gasteiger charge is 2.39. The zero-order chi connectivity index (χ0) is 19.7. The lowest BCUT2D eigenvalue weighted by Gasteiger charge is -2.18. The van der Waals surface area contributed by atoms with Crippen molar-refractivity contribution < 1.29 is 14.4 Å². The summed E-state index contributed by atoms with van der Waals surface area (Å²) in [5, 5.41) is 3.19. The van der Waals surface area contributed by atoms with E-state index in [9.17, 15) is 14.4 Å². The predicted octanol–water partition coefficient (Wildman–Crippen LogP) is 2.86. The fourth-order valence-corrected chi connectivity index (χ4v) is 3.76. The van der Waals surface area contributed by atoms with E-state index in [2.05, 4.69) is 5.32 Å². The molecular formula is C22H23N3O3. The number of nitrogens with one attached hydrogen (secondary N) is 1. The van der Waals surface area contributed by atoms with Crippen molar-refractivity contribution in [3.63, 3.8) is 0 Å². The number of carbonyl (C=O) groups excluding carboxylic acids is 3. The lowest BCUT2D eigenvalue weighted by atomic mass is 10.1. The fourth-order valence-electron chi connectivity index (χ4n) is 3.76. The van der Waals surface area contributed by atoms with E-state index >= 15 is 0 Å². The van der Waals surface area contributed by atoms with Gasteiger partial charge in [-0.1, -0.05) is 29.8 Å². The largest absolute Gasteiger partial charge is 0.373 e. The molecule has 2 fully saturated rings. The van der Waals surface area contributed by atoms with Crippen molar-refractivity contribution in [2.45, 2.75) is 38.8 Å². The number of benzene rings is 2. The van der Waals surface area contributed by atoms with Crippen LogP contribution in [-0.4, -0.2) is 35.2 Å².